The van der Waals surface area contributed by atoms with Gasteiger partial charge in [-0.2, -0.15) is 0 Å². The van der Waals surface area contributed by atoms with Crippen LogP contribution in [0.2, 0.25) is 0 Å². The molecule has 1 atom stereocenters. The molecular formula is C17H19ClO. The molecule has 2 aromatic rings. The zero-order chi connectivity index (χ0) is 13.7. The standard InChI is InChI=1S/C17H19ClO/c1-3-11-19-16-6-4-5-15(12-16)17(18)14-9-7-13(2)8-10-14/h4-10,12,17H,3,11H2,1-2H3. The van der Waals surface area contributed by atoms with Crippen LogP contribution in [0.4, 0.5) is 0 Å². The van der Waals surface area contributed by atoms with Gasteiger partial charge in [-0.25, -0.2) is 0 Å². The van der Waals surface area contributed by atoms with Gasteiger partial charge in [0.15, 0.2) is 0 Å². The van der Waals surface area contributed by atoms with Crippen LogP contribution in [-0.4, -0.2) is 6.61 Å². The van der Waals surface area contributed by atoms with E-state index < -0.39 is 0 Å². The number of halogens is 1. The SMILES string of the molecule is CCCOc1cccc(C(Cl)c2ccc(C)cc2)c1. The lowest BCUT2D eigenvalue weighted by molar-refractivity contribution is 0.317. The number of rotatable bonds is 5. The third-order valence-corrected chi connectivity index (χ3v) is 3.50. The molecule has 2 rings (SSSR count). The molecule has 0 aromatic heterocycles. The lowest BCUT2D eigenvalue weighted by Crippen LogP contribution is -1.97. The molecule has 0 aliphatic carbocycles. The molecule has 0 saturated heterocycles. The van der Waals surface area contributed by atoms with Crippen molar-refractivity contribution in [3.8, 4) is 5.75 Å². The first kappa shape index (κ1) is 14.0. The van der Waals surface area contributed by atoms with E-state index in [1.807, 2.05) is 24.3 Å². The molecule has 0 aliphatic heterocycles. The van der Waals surface area contributed by atoms with E-state index in [0.29, 0.717) is 0 Å². The van der Waals surface area contributed by atoms with E-state index in [1.165, 1.54) is 5.56 Å². The summed E-state index contributed by atoms with van der Waals surface area (Å²) in [6, 6.07) is 16.3. The summed E-state index contributed by atoms with van der Waals surface area (Å²) in [4.78, 5) is 0. The molecular weight excluding hydrogens is 256 g/mol. The topological polar surface area (TPSA) is 9.23 Å². The summed E-state index contributed by atoms with van der Waals surface area (Å²) in [5.41, 5.74) is 3.42. The first-order valence-corrected chi connectivity index (χ1v) is 7.07. The summed E-state index contributed by atoms with van der Waals surface area (Å²) < 4.78 is 5.64. The number of hydrogen-bond acceptors (Lipinski definition) is 1. The average molecular weight is 275 g/mol. The van der Waals surface area contributed by atoms with Crippen molar-refractivity contribution in [2.24, 2.45) is 0 Å². The van der Waals surface area contributed by atoms with Crippen LogP contribution >= 0.6 is 11.6 Å². The highest BCUT2D eigenvalue weighted by Crippen LogP contribution is 2.30. The van der Waals surface area contributed by atoms with Crippen molar-refractivity contribution in [2.75, 3.05) is 6.61 Å². The van der Waals surface area contributed by atoms with Crippen molar-refractivity contribution in [1.29, 1.82) is 0 Å². The van der Waals surface area contributed by atoms with Crippen LogP contribution in [0.5, 0.6) is 5.75 Å². The minimum Gasteiger partial charge on any atom is -0.494 e. The zero-order valence-electron chi connectivity index (χ0n) is 11.4. The van der Waals surface area contributed by atoms with Crippen molar-refractivity contribution in [1.82, 2.24) is 0 Å². The molecule has 0 fully saturated rings. The summed E-state index contributed by atoms with van der Waals surface area (Å²) in [7, 11) is 0. The minimum atomic E-state index is -0.134. The third-order valence-electron chi connectivity index (χ3n) is 2.99. The Morgan fingerprint density at radius 2 is 1.79 bits per heavy atom. The second-order valence-corrected chi connectivity index (χ2v) is 5.13. The predicted molar refractivity (Wildman–Crippen MR) is 81.1 cm³/mol. The van der Waals surface area contributed by atoms with Gasteiger partial charge in [-0.05, 0) is 36.6 Å². The zero-order valence-corrected chi connectivity index (χ0v) is 12.2. The number of benzene rings is 2. The average Bonchev–Trinajstić information content (AvgIpc) is 2.45. The van der Waals surface area contributed by atoms with E-state index in [2.05, 4.69) is 38.1 Å². The number of ether oxygens (including phenoxy) is 1. The summed E-state index contributed by atoms with van der Waals surface area (Å²) >= 11 is 6.53. The van der Waals surface area contributed by atoms with Crippen LogP contribution in [0, 0.1) is 6.92 Å². The fourth-order valence-corrected chi connectivity index (χ4v) is 2.19. The Balaban J connectivity index is 2.18. The second-order valence-electron chi connectivity index (χ2n) is 4.69. The molecule has 1 nitrogen and oxygen atoms in total. The Morgan fingerprint density at radius 3 is 2.47 bits per heavy atom. The molecule has 1 unspecified atom stereocenters. The van der Waals surface area contributed by atoms with Crippen LogP contribution in [0.25, 0.3) is 0 Å². The lowest BCUT2D eigenvalue weighted by atomic mass is 10.0. The van der Waals surface area contributed by atoms with Gasteiger partial charge >= 0.3 is 0 Å². The van der Waals surface area contributed by atoms with Crippen LogP contribution in [0.3, 0.4) is 0 Å². The summed E-state index contributed by atoms with van der Waals surface area (Å²) in [5.74, 6) is 0.886. The summed E-state index contributed by atoms with van der Waals surface area (Å²) in [6.07, 6.45) is 1.01. The van der Waals surface area contributed by atoms with Gasteiger partial charge in [0, 0.05) is 0 Å². The summed E-state index contributed by atoms with van der Waals surface area (Å²) in [6.45, 7) is 4.91. The fraction of sp³-hybridized carbons (Fsp3) is 0.294. The molecule has 0 N–H and O–H groups in total. The Kier molecular flexibility index (Phi) is 4.86. The first-order valence-electron chi connectivity index (χ1n) is 6.64. The molecule has 2 aromatic carbocycles. The highest BCUT2D eigenvalue weighted by atomic mass is 35.5. The van der Waals surface area contributed by atoms with Gasteiger partial charge in [0.05, 0.1) is 12.0 Å². The van der Waals surface area contributed by atoms with Crippen LogP contribution in [0.15, 0.2) is 48.5 Å². The molecule has 0 spiro atoms. The molecule has 0 amide bonds. The monoisotopic (exact) mass is 274 g/mol. The van der Waals surface area contributed by atoms with Gasteiger partial charge in [0.1, 0.15) is 5.75 Å². The van der Waals surface area contributed by atoms with Crippen LogP contribution in [0.1, 0.15) is 35.4 Å². The maximum absolute atomic E-state index is 6.53. The predicted octanol–water partition coefficient (Wildman–Crippen LogP) is 5.11. The van der Waals surface area contributed by atoms with Gasteiger partial charge in [0.2, 0.25) is 0 Å². The number of aryl methyl sites for hydroxylation is 1. The van der Waals surface area contributed by atoms with Crippen LogP contribution < -0.4 is 4.74 Å². The largest absolute Gasteiger partial charge is 0.494 e. The highest BCUT2D eigenvalue weighted by molar-refractivity contribution is 6.22. The lowest BCUT2D eigenvalue weighted by Gasteiger charge is -2.12. The maximum atomic E-state index is 6.53. The van der Waals surface area contributed by atoms with Crippen molar-refractivity contribution < 1.29 is 4.74 Å². The smallest absolute Gasteiger partial charge is 0.119 e. The number of alkyl halides is 1. The van der Waals surface area contributed by atoms with Crippen molar-refractivity contribution in [3.63, 3.8) is 0 Å². The quantitative estimate of drug-likeness (QED) is 0.688. The van der Waals surface area contributed by atoms with E-state index in [1.54, 1.807) is 0 Å². The second kappa shape index (κ2) is 6.63. The van der Waals surface area contributed by atoms with E-state index in [9.17, 15) is 0 Å². The normalized spacial score (nSPS) is 12.2. The Morgan fingerprint density at radius 1 is 1.05 bits per heavy atom. The van der Waals surface area contributed by atoms with Gasteiger partial charge in [-0.15, -0.1) is 11.6 Å². The van der Waals surface area contributed by atoms with E-state index in [0.717, 1.165) is 29.9 Å². The van der Waals surface area contributed by atoms with Gasteiger partial charge in [-0.1, -0.05) is 48.9 Å². The minimum absolute atomic E-state index is 0.134. The molecule has 0 radical (unpaired) electrons. The van der Waals surface area contributed by atoms with Crippen LogP contribution in [-0.2, 0) is 0 Å². The highest BCUT2D eigenvalue weighted by Gasteiger charge is 2.11. The fourth-order valence-electron chi connectivity index (χ4n) is 1.91. The van der Waals surface area contributed by atoms with Gasteiger partial charge in [0.25, 0.3) is 0 Å². The van der Waals surface area contributed by atoms with Gasteiger partial charge < -0.3 is 4.74 Å². The Hall–Kier alpha value is -1.47. The number of hydrogen-bond donors (Lipinski definition) is 0. The van der Waals surface area contributed by atoms with E-state index >= 15 is 0 Å². The Bertz CT molecular complexity index is 519. The summed E-state index contributed by atoms with van der Waals surface area (Å²) in [5, 5.41) is -0.134. The molecule has 0 heterocycles. The first-order chi connectivity index (χ1) is 9.20. The molecule has 0 aliphatic rings. The maximum Gasteiger partial charge on any atom is 0.119 e. The Labute approximate surface area is 120 Å². The van der Waals surface area contributed by atoms with Crippen molar-refractivity contribution in [2.45, 2.75) is 25.6 Å². The molecule has 100 valence electrons. The van der Waals surface area contributed by atoms with E-state index in [-0.39, 0.29) is 5.38 Å². The van der Waals surface area contributed by atoms with Crippen molar-refractivity contribution in [3.05, 3.63) is 65.2 Å². The van der Waals surface area contributed by atoms with Crippen molar-refractivity contribution >= 4 is 11.6 Å². The molecule has 0 bridgehead atoms. The molecule has 0 saturated carbocycles. The van der Waals surface area contributed by atoms with E-state index in [4.69, 9.17) is 16.3 Å². The molecule has 2 heteroatoms. The van der Waals surface area contributed by atoms with Gasteiger partial charge in [-0.3, -0.25) is 0 Å². The molecule has 19 heavy (non-hydrogen) atoms. The third kappa shape index (κ3) is 3.74.